The topological polar surface area (TPSA) is 42.7 Å². The van der Waals surface area contributed by atoms with Gasteiger partial charge < -0.3 is 9.64 Å². The SMILES string of the molecule is CCN(CC)CCCC(C)Oc1ccc2ncc(-c3cccc(F)c3)n2n1. The van der Waals surface area contributed by atoms with Crippen LogP contribution in [0.25, 0.3) is 16.9 Å². The highest BCUT2D eigenvalue weighted by molar-refractivity contribution is 5.63. The molecule has 2 heterocycles. The number of rotatable bonds is 9. The lowest BCUT2D eigenvalue weighted by atomic mass is 10.2. The molecule has 3 rings (SSSR count). The molecule has 3 aromatic rings. The van der Waals surface area contributed by atoms with E-state index in [1.807, 2.05) is 18.2 Å². The lowest BCUT2D eigenvalue weighted by Crippen LogP contribution is -2.25. The van der Waals surface area contributed by atoms with Crippen LogP contribution in [0.4, 0.5) is 4.39 Å². The average molecular weight is 370 g/mol. The Hall–Kier alpha value is -2.47. The smallest absolute Gasteiger partial charge is 0.232 e. The van der Waals surface area contributed by atoms with Gasteiger partial charge in [-0.1, -0.05) is 26.0 Å². The standard InChI is InChI=1S/C21H27FN4O/c1-4-25(5-2)13-7-8-16(3)27-21-12-11-20-23-15-19(26(20)24-21)17-9-6-10-18(22)14-17/h6,9-12,14-16H,4-5,7-8,13H2,1-3H3. The number of ether oxygens (including phenoxy) is 1. The van der Waals surface area contributed by atoms with E-state index < -0.39 is 0 Å². The van der Waals surface area contributed by atoms with Gasteiger partial charge in [-0.3, -0.25) is 0 Å². The van der Waals surface area contributed by atoms with Crippen molar-refractivity contribution in [1.82, 2.24) is 19.5 Å². The van der Waals surface area contributed by atoms with Gasteiger partial charge in [-0.15, -0.1) is 5.10 Å². The summed E-state index contributed by atoms with van der Waals surface area (Å²) < 4.78 is 21.3. The minimum atomic E-state index is -0.281. The van der Waals surface area contributed by atoms with Gasteiger partial charge in [0.2, 0.25) is 5.88 Å². The van der Waals surface area contributed by atoms with Crippen LogP contribution in [-0.2, 0) is 0 Å². The van der Waals surface area contributed by atoms with E-state index in [0.717, 1.165) is 43.7 Å². The molecule has 0 bridgehead atoms. The van der Waals surface area contributed by atoms with Crippen LogP contribution in [0, 0.1) is 5.82 Å². The van der Waals surface area contributed by atoms with Crippen molar-refractivity contribution in [1.29, 1.82) is 0 Å². The molecule has 1 unspecified atom stereocenters. The third-order valence-electron chi connectivity index (χ3n) is 4.76. The van der Waals surface area contributed by atoms with E-state index in [9.17, 15) is 4.39 Å². The van der Waals surface area contributed by atoms with Gasteiger partial charge in [0, 0.05) is 11.6 Å². The van der Waals surface area contributed by atoms with Crippen molar-refractivity contribution in [3.63, 3.8) is 0 Å². The second kappa shape index (κ2) is 8.95. The highest BCUT2D eigenvalue weighted by atomic mass is 19.1. The van der Waals surface area contributed by atoms with Gasteiger partial charge in [-0.2, -0.15) is 0 Å². The predicted molar refractivity (Wildman–Crippen MR) is 105 cm³/mol. The van der Waals surface area contributed by atoms with Gasteiger partial charge >= 0.3 is 0 Å². The third-order valence-corrected chi connectivity index (χ3v) is 4.76. The van der Waals surface area contributed by atoms with Crippen LogP contribution in [0.1, 0.15) is 33.6 Å². The first-order valence-corrected chi connectivity index (χ1v) is 9.60. The fourth-order valence-corrected chi connectivity index (χ4v) is 3.17. The first-order valence-electron chi connectivity index (χ1n) is 9.60. The number of benzene rings is 1. The van der Waals surface area contributed by atoms with Crippen LogP contribution in [0.15, 0.2) is 42.6 Å². The summed E-state index contributed by atoms with van der Waals surface area (Å²) in [6.45, 7) is 9.67. The van der Waals surface area contributed by atoms with Gasteiger partial charge in [0.05, 0.1) is 18.0 Å². The Balaban J connectivity index is 1.70. The van der Waals surface area contributed by atoms with Crippen LogP contribution < -0.4 is 4.74 Å². The normalized spacial score (nSPS) is 12.6. The molecule has 1 atom stereocenters. The summed E-state index contributed by atoms with van der Waals surface area (Å²) in [5, 5.41) is 4.56. The minimum absolute atomic E-state index is 0.0756. The number of aromatic nitrogens is 3. The van der Waals surface area contributed by atoms with Crippen molar-refractivity contribution in [3.05, 3.63) is 48.4 Å². The van der Waals surface area contributed by atoms with Crippen LogP contribution >= 0.6 is 0 Å². The van der Waals surface area contributed by atoms with E-state index in [0.29, 0.717) is 11.5 Å². The Kier molecular flexibility index (Phi) is 6.40. The molecule has 0 amide bonds. The van der Waals surface area contributed by atoms with Crippen molar-refractivity contribution in [2.24, 2.45) is 0 Å². The molecular formula is C21H27FN4O. The number of hydrogen-bond acceptors (Lipinski definition) is 4. The van der Waals surface area contributed by atoms with Crippen molar-refractivity contribution >= 4 is 5.65 Å². The Morgan fingerprint density at radius 3 is 2.74 bits per heavy atom. The van der Waals surface area contributed by atoms with Crippen molar-refractivity contribution in [2.45, 2.75) is 39.7 Å². The molecule has 0 aliphatic heterocycles. The summed E-state index contributed by atoms with van der Waals surface area (Å²) in [6, 6.07) is 10.1. The summed E-state index contributed by atoms with van der Waals surface area (Å²) in [5.74, 6) is 0.269. The second-order valence-electron chi connectivity index (χ2n) is 6.69. The van der Waals surface area contributed by atoms with Gasteiger partial charge in [-0.05, 0) is 57.6 Å². The third kappa shape index (κ3) is 4.83. The minimum Gasteiger partial charge on any atom is -0.474 e. The molecule has 0 saturated carbocycles. The maximum atomic E-state index is 13.6. The summed E-state index contributed by atoms with van der Waals surface area (Å²) >= 11 is 0. The molecule has 5 nitrogen and oxygen atoms in total. The Labute approximate surface area is 159 Å². The van der Waals surface area contributed by atoms with E-state index >= 15 is 0 Å². The zero-order valence-corrected chi connectivity index (χ0v) is 16.2. The number of halogens is 1. The highest BCUT2D eigenvalue weighted by Gasteiger charge is 2.11. The molecular weight excluding hydrogens is 343 g/mol. The maximum absolute atomic E-state index is 13.6. The molecule has 0 spiro atoms. The number of hydrogen-bond donors (Lipinski definition) is 0. The van der Waals surface area contributed by atoms with E-state index in [-0.39, 0.29) is 11.9 Å². The molecule has 0 fully saturated rings. The fraction of sp³-hybridized carbons (Fsp3) is 0.429. The molecule has 0 aliphatic carbocycles. The summed E-state index contributed by atoms with van der Waals surface area (Å²) in [7, 11) is 0. The lowest BCUT2D eigenvalue weighted by molar-refractivity contribution is 0.186. The Bertz CT molecular complexity index is 875. The molecule has 1 aromatic carbocycles. The van der Waals surface area contributed by atoms with E-state index in [2.05, 4.69) is 35.8 Å². The van der Waals surface area contributed by atoms with Crippen LogP contribution in [0.3, 0.4) is 0 Å². The Morgan fingerprint density at radius 1 is 1.19 bits per heavy atom. The molecule has 0 saturated heterocycles. The lowest BCUT2D eigenvalue weighted by Gasteiger charge is -2.19. The van der Waals surface area contributed by atoms with Gasteiger partial charge in [0.1, 0.15) is 5.82 Å². The van der Waals surface area contributed by atoms with Crippen LogP contribution in [0.5, 0.6) is 5.88 Å². The van der Waals surface area contributed by atoms with Crippen LogP contribution in [-0.4, -0.2) is 45.2 Å². The van der Waals surface area contributed by atoms with Gasteiger partial charge in [0.25, 0.3) is 0 Å². The largest absolute Gasteiger partial charge is 0.474 e. The first-order chi connectivity index (χ1) is 13.1. The van der Waals surface area contributed by atoms with E-state index in [1.165, 1.54) is 12.1 Å². The van der Waals surface area contributed by atoms with Gasteiger partial charge in [-0.25, -0.2) is 13.9 Å². The number of nitrogens with zero attached hydrogens (tertiary/aromatic N) is 4. The molecule has 2 aromatic heterocycles. The predicted octanol–water partition coefficient (Wildman–Crippen LogP) is 4.42. The molecule has 0 aliphatic rings. The zero-order chi connectivity index (χ0) is 19.2. The zero-order valence-electron chi connectivity index (χ0n) is 16.2. The molecule has 144 valence electrons. The van der Waals surface area contributed by atoms with Crippen molar-refractivity contribution < 1.29 is 9.13 Å². The summed E-state index contributed by atoms with van der Waals surface area (Å²) in [4.78, 5) is 6.76. The monoisotopic (exact) mass is 370 g/mol. The number of fused-ring (bicyclic) bond motifs is 1. The molecule has 27 heavy (non-hydrogen) atoms. The van der Waals surface area contributed by atoms with Gasteiger partial charge in [0.15, 0.2) is 5.65 Å². The maximum Gasteiger partial charge on any atom is 0.232 e. The summed E-state index contributed by atoms with van der Waals surface area (Å²) in [6.07, 6.45) is 3.84. The van der Waals surface area contributed by atoms with E-state index in [4.69, 9.17) is 4.74 Å². The quantitative estimate of drug-likeness (QED) is 0.559. The molecule has 0 radical (unpaired) electrons. The summed E-state index contributed by atoms with van der Waals surface area (Å²) in [5.41, 5.74) is 2.18. The fourth-order valence-electron chi connectivity index (χ4n) is 3.17. The van der Waals surface area contributed by atoms with Crippen LogP contribution in [0.2, 0.25) is 0 Å². The van der Waals surface area contributed by atoms with E-state index in [1.54, 1.807) is 16.8 Å². The average Bonchev–Trinajstić information content (AvgIpc) is 3.08. The molecule has 6 heteroatoms. The highest BCUT2D eigenvalue weighted by Crippen LogP contribution is 2.22. The Morgan fingerprint density at radius 2 is 2.00 bits per heavy atom. The molecule has 0 N–H and O–H groups in total. The second-order valence-corrected chi connectivity index (χ2v) is 6.69. The number of imidazole rings is 1. The van der Waals surface area contributed by atoms with Crippen molar-refractivity contribution in [2.75, 3.05) is 19.6 Å². The van der Waals surface area contributed by atoms with Crippen molar-refractivity contribution in [3.8, 4) is 17.1 Å². The first kappa shape index (κ1) is 19.3.